The average Bonchev–Trinajstić information content (AvgIpc) is 2.74. The first-order chi connectivity index (χ1) is 8.09. The summed E-state index contributed by atoms with van der Waals surface area (Å²) in [5.41, 5.74) is 6.34. The molecule has 1 unspecified atom stereocenters. The monoisotopic (exact) mass is 270 g/mol. The second kappa shape index (κ2) is 5.05. The van der Waals surface area contributed by atoms with Crippen molar-refractivity contribution in [1.29, 1.82) is 0 Å². The molecule has 1 aliphatic heterocycles. The standard InChI is InChI=1S/C10H14N4OS2/c1-6-8(17-13-12-6)10(15)14-4-2-3-7(5-14)9(11)16/h7H,2-5H2,1H3,(H2,11,16). The fourth-order valence-electron chi connectivity index (χ4n) is 1.97. The number of nitrogens with two attached hydrogens (primary N) is 1. The van der Waals surface area contributed by atoms with Gasteiger partial charge in [-0.2, -0.15) is 0 Å². The number of hydrogen-bond acceptors (Lipinski definition) is 5. The van der Waals surface area contributed by atoms with E-state index in [1.165, 1.54) is 0 Å². The first-order valence-electron chi connectivity index (χ1n) is 5.47. The minimum Gasteiger partial charge on any atom is -0.393 e. The quantitative estimate of drug-likeness (QED) is 0.811. The van der Waals surface area contributed by atoms with E-state index >= 15 is 0 Å². The number of likely N-dealkylation sites (tertiary alicyclic amines) is 1. The summed E-state index contributed by atoms with van der Waals surface area (Å²) in [7, 11) is 0. The summed E-state index contributed by atoms with van der Waals surface area (Å²) in [6.45, 7) is 3.17. The van der Waals surface area contributed by atoms with Gasteiger partial charge in [0.2, 0.25) is 0 Å². The SMILES string of the molecule is Cc1nnsc1C(=O)N1CCCC(C(N)=S)C1. The number of rotatable bonds is 2. The molecule has 1 fully saturated rings. The molecule has 0 saturated carbocycles. The Morgan fingerprint density at radius 3 is 3.00 bits per heavy atom. The molecule has 0 spiro atoms. The molecule has 0 bridgehead atoms. The normalized spacial score (nSPS) is 20.3. The average molecular weight is 270 g/mol. The van der Waals surface area contributed by atoms with Crippen molar-refractivity contribution >= 4 is 34.6 Å². The lowest BCUT2D eigenvalue weighted by atomic mass is 9.98. The summed E-state index contributed by atoms with van der Waals surface area (Å²) in [5.74, 6) is 0.141. The number of thiocarbonyl (C=S) groups is 1. The highest BCUT2D eigenvalue weighted by Crippen LogP contribution is 2.20. The molecule has 5 nitrogen and oxygen atoms in total. The Labute approximate surface area is 109 Å². The summed E-state index contributed by atoms with van der Waals surface area (Å²) in [6.07, 6.45) is 1.91. The van der Waals surface area contributed by atoms with E-state index in [2.05, 4.69) is 9.59 Å². The van der Waals surface area contributed by atoms with Gasteiger partial charge in [-0.25, -0.2) is 0 Å². The van der Waals surface area contributed by atoms with Crippen molar-refractivity contribution in [3.8, 4) is 0 Å². The van der Waals surface area contributed by atoms with E-state index in [4.69, 9.17) is 18.0 Å². The Morgan fingerprint density at radius 2 is 2.41 bits per heavy atom. The summed E-state index contributed by atoms with van der Waals surface area (Å²) in [6, 6.07) is 0. The Kier molecular flexibility index (Phi) is 3.68. The Hall–Kier alpha value is -1.08. The predicted octanol–water partition coefficient (Wildman–Crippen LogP) is 0.985. The van der Waals surface area contributed by atoms with Crippen LogP contribution in [0.3, 0.4) is 0 Å². The van der Waals surface area contributed by atoms with Crippen LogP contribution < -0.4 is 5.73 Å². The number of aromatic nitrogens is 2. The van der Waals surface area contributed by atoms with Crippen molar-refractivity contribution in [2.24, 2.45) is 11.7 Å². The third kappa shape index (κ3) is 2.61. The molecule has 2 rings (SSSR count). The molecule has 1 atom stereocenters. The molecule has 7 heteroatoms. The maximum Gasteiger partial charge on any atom is 0.267 e. The number of hydrogen-bond donors (Lipinski definition) is 1. The number of aryl methyl sites for hydroxylation is 1. The Bertz CT molecular complexity index is 445. The van der Waals surface area contributed by atoms with Crippen LogP contribution in [0.15, 0.2) is 0 Å². The van der Waals surface area contributed by atoms with E-state index in [-0.39, 0.29) is 11.8 Å². The summed E-state index contributed by atoms with van der Waals surface area (Å²) >= 11 is 6.14. The smallest absolute Gasteiger partial charge is 0.267 e. The van der Waals surface area contributed by atoms with Crippen LogP contribution in [0.1, 0.15) is 28.2 Å². The highest BCUT2D eigenvalue weighted by molar-refractivity contribution is 7.80. The zero-order valence-corrected chi connectivity index (χ0v) is 11.2. The molecule has 2 heterocycles. The van der Waals surface area contributed by atoms with Crippen LogP contribution in [-0.4, -0.2) is 38.5 Å². The van der Waals surface area contributed by atoms with E-state index in [0.717, 1.165) is 30.9 Å². The molecule has 92 valence electrons. The Balaban J connectivity index is 2.10. The lowest BCUT2D eigenvalue weighted by Crippen LogP contribution is -2.43. The van der Waals surface area contributed by atoms with E-state index < -0.39 is 0 Å². The number of carbonyl (C=O) groups excluding carboxylic acids is 1. The third-order valence-electron chi connectivity index (χ3n) is 2.96. The maximum absolute atomic E-state index is 12.2. The van der Waals surface area contributed by atoms with Crippen LogP contribution >= 0.6 is 23.8 Å². The number of nitrogens with zero attached hydrogens (tertiary/aromatic N) is 3. The van der Waals surface area contributed by atoms with Gasteiger partial charge >= 0.3 is 0 Å². The molecular formula is C10H14N4OS2. The van der Waals surface area contributed by atoms with Crippen LogP contribution in [-0.2, 0) is 0 Å². The van der Waals surface area contributed by atoms with Crippen LogP contribution in [0.25, 0.3) is 0 Å². The van der Waals surface area contributed by atoms with Crippen molar-refractivity contribution in [2.75, 3.05) is 13.1 Å². The summed E-state index contributed by atoms with van der Waals surface area (Å²) in [5, 5.41) is 3.86. The van der Waals surface area contributed by atoms with Gasteiger partial charge in [-0.15, -0.1) is 5.10 Å². The maximum atomic E-state index is 12.2. The lowest BCUT2D eigenvalue weighted by molar-refractivity contribution is 0.0707. The molecule has 0 aromatic carbocycles. The molecule has 1 aromatic heterocycles. The topological polar surface area (TPSA) is 72.1 Å². The van der Waals surface area contributed by atoms with E-state index in [1.54, 1.807) is 11.8 Å². The minimum absolute atomic E-state index is 0.00144. The molecule has 2 N–H and O–H groups in total. The number of piperidine rings is 1. The molecule has 1 aromatic rings. The summed E-state index contributed by atoms with van der Waals surface area (Å²) in [4.78, 5) is 15.1. The lowest BCUT2D eigenvalue weighted by Gasteiger charge is -2.31. The fraction of sp³-hybridized carbons (Fsp3) is 0.600. The highest BCUT2D eigenvalue weighted by Gasteiger charge is 2.27. The van der Waals surface area contributed by atoms with Crippen LogP contribution in [0.4, 0.5) is 0 Å². The van der Waals surface area contributed by atoms with Gasteiger partial charge in [0, 0.05) is 19.0 Å². The molecule has 1 amide bonds. The van der Waals surface area contributed by atoms with Gasteiger partial charge in [-0.1, -0.05) is 16.7 Å². The van der Waals surface area contributed by atoms with Gasteiger partial charge in [0.1, 0.15) is 4.88 Å². The van der Waals surface area contributed by atoms with Gasteiger partial charge < -0.3 is 10.6 Å². The zero-order chi connectivity index (χ0) is 12.4. The fourth-order valence-corrected chi connectivity index (χ4v) is 2.78. The predicted molar refractivity (Wildman–Crippen MR) is 70.1 cm³/mol. The largest absolute Gasteiger partial charge is 0.393 e. The molecule has 1 saturated heterocycles. The van der Waals surface area contributed by atoms with E-state index in [0.29, 0.717) is 22.1 Å². The minimum atomic E-state index is -0.00144. The van der Waals surface area contributed by atoms with Crippen LogP contribution in [0, 0.1) is 12.8 Å². The molecule has 0 aliphatic carbocycles. The van der Waals surface area contributed by atoms with Gasteiger partial charge in [0.15, 0.2) is 0 Å². The van der Waals surface area contributed by atoms with Crippen LogP contribution in [0.2, 0.25) is 0 Å². The summed E-state index contributed by atoms with van der Waals surface area (Å²) < 4.78 is 3.79. The van der Waals surface area contributed by atoms with Gasteiger partial charge in [-0.3, -0.25) is 4.79 Å². The molecular weight excluding hydrogens is 256 g/mol. The van der Waals surface area contributed by atoms with Crippen molar-refractivity contribution in [3.63, 3.8) is 0 Å². The highest BCUT2D eigenvalue weighted by atomic mass is 32.1. The first kappa shape index (κ1) is 12.4. The molecule has 0 radical (unpaired) electrons. The second-order valence-electron chi connectivity index (χ2n) is 4.18. The van der Waals surface area contributed by atoms with Crippen molar-refractivity contribution in [2.45, 2.75) is 19.8 Å². The van der Waals surface area contributed by atoms with Crippen molar-refractivity contribution in [1.82, 2.24) is 14.5 Å². The molecule has 17 heavy (non-hydrogen) atoms. The van der Waals surface area contributed by atoms with Gasteiger partial charge in [0.25, 0.3) is 5.91 Å². The molecule has 1 aliphatic rings. The van der Waals surface area contributed by atoms with Crippen LogP contribution in [0.5, 0.6) is 0 Å². The number of carbonyl (C=O) groups is 1. The van der Waals surface area contributed by atoms with Gasteiger partial charge in [-0.05, 0) is 31.3 Å². The van der Waals surface area contributed by atoms with E-state index in [1.807, 2.05) is 0 Å². The first-order valence-corrected chi connectivity index (χ1v) is 6.65. The van der Waals surface area contributed by atoms with Crippen molar-refractivity contribution < 1.29 is 4.79 Å². The Morgan fingerprint density at radius 1 is 1.65 bits per heavy atom. The third-order valence-corrected chi connectivity index (χ3v) is 4.11. The second-order valence-corrected chi connectivity index (χ2v) is 5.41. The van der Waals surface area contributed by atoms with Crippen molar-refractivity contribution in [3.05, 3.63) is 10.6 Å². The number of amides is 1. The zero-order valence-electron chi connectivity index (χ0n) is 9.55. The van der Waals surface area contributed by atoms with E-state index in [9.17, 15) is 4.79 Å². The van der Waals surface area contributed by atoms with Gasteiger partial charge in [0.05, 0.1) is 10.7 Å².